The zero-order valence-electron chi connectivity index (χ0n) is 18.7. The van der Waals surface area contributed by atoms with Gasteiger partial charge in [0.15, 0.2) is 5.96 Å². The molecule has 1 aromatic carbocycles. The van der Waals surface area contributed by atoms with Crippen LogP contribution in [-0.4, -0.2) is 106 Å². The molecule has 0 spiro atoms. The molecule has 7 nitrogen and oxygen atoms in total. The van der Waals surface area contributed by atoms with Gasteiger partial charge in [0.1, 0.15) is 12.4 Å². The first-order valence-electron chi connectivity index (χ1n) is 10.7. The van der Waals surface area contributed by atoms with Gasteiger partial charge in [0.25, 0.3) is 0 Å². The number of benzene rings is 1. The Labute approximate surface area is 198 Å². The van der Waals surface area contributed by atoms with E-state index in [2.05, 4.69) is 39.1 Å². The smallest absolute Gasteiger partial charge is 0.193 e. The molecule has 1 aromatic rings. The number of para-hydroxylation sites is 1. The summed E-state index contributed by atoms with van der Waals surface area (Å²) in [5.74, 6) is 1.96. The third-order valence-corrected chi connectivity index (χ3v) is 6.25. The van der Waals surface area contributed by atoms with E-state index in [0.29, 0.717) is 0 Å². The molecule has 2 saturated heterocycles. The first-order valence-corrected chi connectivity index (χ1v) is 10.7. The summed E-state index contributed by atoms with van der Waals surface area (Å²) in [7, 11) is 6.23. The number of hydrogen-bond donors (Lipinski definition) is 1. The normalized spacial score (nSPS) is 20.0. The first-order chi connectivity index (χ1) is 14.1. The van der Waals surface area contributed by atoms with Crippen molar-refractivity contribution >= 4 is 29.9 Å². The van der Waals surface area contributed by atoms with Crippen molar-refractivity contribution in [2.24, 2.45) is 4.99 Å². The van der Waals surface area contributed by atoms with Crippen LogP contribution in [0.5, 0.6) is 5.75 Å². The number of likely N-dealkylation sites (N-methyl/N-ethyl adjacent to an activating group) is 1. The zero-order valence-corrected chi connectivity index (χ0v) is 21.0. The van der Waals surface area contributed by atoms with Gasteiger partial charge in [-0.3, -0.25) is 9.89 Å². The van der Waals surface area contributed by atoms with Gasteiger partial charge in [0.05, 0.1) is 0 Å². The quantitative estimate of drug-likeness (QED) is 0.330. The van der Waals surface area contributed by atoms with Crippen LogP contribution >= 0.6 is 24.0 Å². The van der Waals surface area contributed by atoms with E-state index in [9.17, 15) is 0 Å². The first kappa shape index (κ1) is 25.2. The van der Waals surface area contributed by atoms with Crippen molar-refractivity contribution < 1.29 is 9.47 Å². The number of rotatable bonds is 7. The SMILES string of the molecule is CN=C(NCC1(N(C)C)CCOCC1)N1CCN(CCOc2ccccc2)CC1.I. The Bertz CT molecular complexity index is 630. The predicted octanol–water partition coefficient (Wildman–Crippen LogP) is 1.99. The van der Waals surface area contributed by atoms with Gasteiger partial charge in [0, 0.05) is 65.1 Å². The lowest BCUT2D eigenvalue weighted by Gasteiger charge is -2.44. The Morgan fingerprint density at radius 3 is 2.40 bits per heavy atom. The van der Waals surface area contributed by atoms with E-state index < -0.39 is 0 Å². The van der Waals surface area contributed by atoms with Crippen molar-refractivity contribution in [3.05, 3.63) is 30.3 Å². The van der Waals surface area contributed by atoms with Gasteiger partial charge in [-0.05, 0) is 39.1 Å². The maximum atomic E-state index is 5.84. The lowest BCUT2D eigenvalue weighted by molar-refractivity contribution is -0.00535. The lowest BCUT2D eigenvalue weighted by Crippen LogP contribution is -2.59. The van der Waals surface area contributed by atoms with E-state index in [1.807, 2.05) is 37.4 Å². The highest BCUT2D eigenvalue weighted by Crippen LogP contribution is 2.25. The number of aliphatic imine (C=N–C) groups is 1. The number of nitrogens with zero attached hydrogens (tertiary/aromatic N) is 4. The number of piperazine rings is 1. The fourth-order valence-corrected chi connectivity index (χ4v) is 4.10. The number of guanidine groups is 1. The highest BCUT2D eigenvalue weighted by atomic mass is 127. The maximum Gasteiger partial charge on any atom is 0.193 e. The van der Waals surface area contributed by atoms with E-state index in [0.717, 1.165) is 83.6 Å². The molecular weight excluding hydrogens is 493 g/mol. The zero-order chi connectivity index (χ0) is 20.5. The molecule has 0 atom stereocenters. The molecule has 170 valence electrons. The van der Waals surface area contributed by atoms with E-state index in [4.69, 9.17) is 9.47 Å². The van der Waals surface area contributed by atoms with Gasteiger partial charge in [-0.2, -0.15) is 0 Å². The van der Waals surface area contributed by atoms with E-state index in [1.165, 1.54) is 0 Å². The average Bonchev–Trinajstić information content (AvgIpc) is 2.76. The standard InChI is InChI=1S/C22H37N5O2.HI/c1-23-21(24-19-22(25(2)3)9-16-28-17-10-22)27-13-11-26(12-14-27)15-18-29-20-7-5-4-6-8-20;/h4-8H,9-19H2,1-3H3,(H,23,24);1H. The Balaban J connectivity index is 0.00000320. The third-order valence-electron chi connectivity index (χ3n) is 6.25. The van der Waals surface area contributed by atoms with Crippen molar-refractivity contribution in [3.8, 4) is 5.75 Å². The Hall–Kier alpha value is -1.10. The fourth-order valence-electron chi connectivity index (χ4n) is 4.10. The van der Waals surface area contributed by atoms with Crippen molar-refractivity contribution in [2.45, 2.75) is 18.4 Å². The summed E-state index contributed by atoms with van der Waals surface area (Å²) < 4.78 is 11.4. The van der Waals surface area contributed by atoms with Crippen molar-refractivity contribution in [1.82, 2.24) is 20.0 Å². The molecule has 0 saturated carbocycles. The lowest BCUT2D eigenvalue weighted by atomic mass is 9.88. The van der Waals surface area contributed by atoms with Gasteiger partial charge < -0.3 is 24.6 Å². The van der Waals surface area contributed by atoms with Gasteiger partial charge in [-0.15, -0.1) is 24.0 Å². The van der Waals surface area contributed by atoms with Gasteiger partial charge in [0.2, 0.25) is 0 Å². The molecule has 2 aliphatic rings. The van der Waals surface area contributed by atoms with Crippen LogP contribution < -0.4 is 10.1 Å². The minimum atomic E-state index is 0. The Kier molecular flexibility index (Phi) is 10.6. The molecule has 0 amide bonds. The highest BCUT2D eigenvalue weighted by molar-refractivity contribution is 14.0. The van der Waals surface area contributed by atoms with Crippen LogP contribution in [0.25, 0.3) is 0 Å². The second-order valence-corrected chi connectivity index (χ2v) is 8.12. The number of halogens is 1. The molecule has 3 rings (SSSR count). The summed E-state index contributed by atoms with van der Waals surface area (Å²) in [5.41, 5.74) is 0.144. The summed E-state index contributed by atoms with van der Waals surface area (Å²) in [6, 6.07) is 10.0. The molecule has 0 unspecified atom stereocenters. The summed E-state index contributed by atoms with van der Waals surface area (Å²) in [6.07, 6.45) is 2.11. The minimum Gasteiger partial charge on any atom is -0.492 e. The second-order valence-electron chi connectivity index (χ2n) is 8.12. The molecule has 30 heavy (non-hydrogen) atoms. The third kappa shape index (κ3) is 6.96. The van der Waals surface area contributed by atoms with Crippen LogP contribution in [-0.2, 0) is 4.74 Å². The summed E-state index contributed by atoms with van der Waals surface area (Å²) >= 11 is 0. The molecule has 0 bridgehead atoms. The van der Waals surface area contributed by atoms with Crippen LogP contribution in [0, 0.1) is 0 Å². The summed E-state index contributed by atoms with van der Waals surface area (Å²) in [5, 5.41) is 3.65. The maximum absolute atomic E-state index is 5.84. The molecule has 8 heteroatoms. The number of hydrogen-bond acceptors (Lipinski definition) is 5. The van der Waals surface area contributed by atoms with Crippen molar-refractivity contribution in [2.75, 3.05) is 80.2 Å². The molecule has 0 aliphatic carbocycles. The van der Waals surface area contributed by atoms with Crippen LogP contribution in [0.1, 0.15) is 12.8 Å². The molecule has 0 aromatic heterocycles. The minimum absolute atomic E-state index is 0. The summed E-state index contributed by atoms with van der Waals surface area (Å²) in [4.78, 5) is 11.7. The molecular formula is C22H38IN5O2. The predicted molar refractivity (Wildman–Crippen MR) is 133 cm³/mol. The monoisotopic (exact) mass is 531 g/mol. The molecule has 0 radical (unpaired) electrons. The number of ether oxygens (including phenoxy) is 2. The average molecular weight is 531 g/mol. The van der Waals surface area contributed by atoms with Gasteiger partial charge >= 0.3 is 0 Å². The number of nitrogens with one attached hydrogen (secondary N) is 1. The highest BCUT2D eigenvalue weighted by Gasteiger charge is 2.35. The largest absolute Gasteiger partial charge is 0.492 e. The Morgan fingerprint density at radius 2 is 1.80 bits per heavy atom. The summed E-state index contributed by atoms with van der Waals surface area (Å²) in [6.45, 7) is 8.30. The molecule has 1 N–H and O–H groups in total. The van der Waals surface area contributed by atoms with Crippen LogP contribution in [0.2, 0.25) is 0 Å². The topological polar surface area (TPSA) is 52.6 Å². The van der Waals surface area contributed by atoms with Crippen molar-refractivity contribution in [1.29, 1.82) is 0 Å². The second kappa shape index (κ2) is 12.7. The fraction of sp³-hybridized carbons (Fsp3) is 0.682. The van der Waals surface area contributed by atoms with Crippen LogP contribution in [0.3, 0.4) is 0 Å². The van der Waals surface area contributed by atoms with Gasteiger partial charge in [-0.1, -0.05) is 18.2 Å². The van der Waals surface area contributed by atoms with E-state index in [-0.39, 0.29) is 29.5 Å². The van der Waals surface area contributed by atoms with Crippen LogP contribution in [0.15, 0.2) is 35.3 Å². The van der Waals surface area contributed by atoms with Crippen molar-refractivity contribution in [3.63, 3.8) is 0 Å². The molecule has 2 fully saturated rings. The van der Waals surface area contributed by atoms with E-state index in [1.54, 1.807) is 0 Å². The van der Waals surface area contributed by atoms with Gasteiger partial charge in [-0.25, -0.2) is 0 Å². The molecule has 2 heterocycles. The van der Waals surface area contributed by atoms with Crippen LogP contribution in [0.4, 0.5) is 0 Å². The van der Waals surface area contributed by atoms with E-state index >= 15 is 0 Å². The molecule has 2 aliphatic heterocycles. The Morgan fingerprint density at radius 1 is 1.13 bits per heavy atom.